The summed E-state index contributed by atoms with van der Waals surface area (Å²) in [7, 11) is 0. The minimum absolute atomic E-state index is 0. The van der Waals surface area contributed by atoms with E-state index in [2.05, 4.69) is 26.7 Å². The second kappa shape index (κ2) is 10.00. The molecule has 3 rings (SSSR count). The van der Waals surface area contributed by atoms with E-state index in [1.54, 1.807) is 17.6 Å². The van der Waals surface area contributed by atoms with Crippen molar-refractivity contribution in [3.8, 4) is 0 Å². The van der Waals surface area contributed by atoms with Crippen molar-refractivity contribution in [1.82, 2.24) is 10.0 Å². The molecular weight excluding hydrogens is 444 g/mol. The van der Waals surface area contributed by atoms with Crippen molar-refractivity contribution in [3.63, 3.8) is 0 Å². The zero-order valence-corrected chi connectivity index (χ0v) is 19.2. The summed E-state index contributed by atoms with van der Waals surface area (Å²) in [5.41, 5.74) is 3.47. The Hall–Kier alpha value is -1.23. The molecule has 28 heavy (non-hydrogen) atoms. The summed E-state index contributed by atoms with van der Waals surface area (Å²) in [5, 5.41) is 13.4. The fourth-order valence-corrected chi connectivity index (χ4v) is 3.47. The van der Waals surface area contributed by atoms with Gasteiger partial charge in [-0.2, -0.15) is 0 Å². The SMILES string of the molecule is Cc1c(Nc2ccc(Br)cc2F)c(C(=O)NOCC[O-])c2n(c1=O)CCC2.[Na+]. The monoisotopic (exact) mass is 461 g/mol. The Bertz CT molecular complexity index is 951. The molecule has 0 spiro atoms. The quantitative estimate of drug-likeness (QED) is 0.319. The van der Waals surface area contributed by atoms with Crippen molar-refractivity contribution in [2.45, 2.75) is 26.3 Å². The molecule has 144 valence electrons. The molecule has 0 atom stereocenters. The average Bonchev–Trinajstić information content (AvgIpc) is 3.11. The summed E-state index contributed by atoms with van der Waals surface area (Å²) in [4.78, 5) is 30.2. The molecule has 0 bridgehead atoms. The number of fused-ring (bicyclic) bond motifs is 1. The number of carbonyl (C=O) groups is 1. The van der Waals surface area contributed by atoms with Crippen LogP contribution in [0.2, 0.25) is 0 Å². The van der Waals surface area contributed by atoms with Gasteiger partial charge < -0.3 is 15.0 Å². The average molecular weight is 462 g/mol. The number of carbonyl (C=O) groups excluding carboxylic acids is 1. The van der Waals surface area contributed by atoms with E-state index in [9.17, 15) is 19.1 Å². The number of pyridine rings is 1. The van der Waals surface area contributed by atoms with E-state index in [1.165, 1.54) is 12.1 Å². The number of hydroxylamine groups is 1. The zero-order valence-electron chi connectivity index (χ0n) is 15.6. The Labute approximate surface area is 191 Å². The zero-order chi connectivity index (χ0) is 19.6. The summed E-state index contributed by atoms with van der Waals surface area (Å²) < 4.78 is 16.4. The minimum Gasteiger partial charge on any atom is -0.853 e. The predicted molar refractivity (Wildman–Crippen MR) is 99.4 cm³/mol. The first-order chi connectivity index (χ1) is 12.9. The van der Waals surface area contributed by atoms with Gasteiger partial charge in [-0.1, -0.05) is 15.9 Å². The van der Waals surface area contributed by atoms with Crippen LogP contribution in [-0.4, -0.2) is 23.7 Å². The van der Waals surface area contributed by atoms with E-state index in [1.807, 2.05) is 0 Å². The van der Waals surface area contributed by atoms with Gasteiger partial charge in [0.05, 0.1) is 23.5 Å². The van der Waals surface area contributed by atoms with Crippen LogP contribution in [0.25, 0.3) is 0 Å². The van der Waals surface area contributed by atoms with E-state index in [0.29, 0.717) is 28.7 Å². The smallest absolute Gasteiger partial charge is 0.853 e. The van der Waals surface area contributed by atoms with Gasteiger partial charge in [-0.15, -0.1) is 6.61 Å². The largest absolute Gasteiger partial charge is 1.00 e. The van der Waals surface area contributed by atoms with Crippen molar-refractivity contribution in [1.29, 1.82) is 0 Å². The van der Waals surface area contributed by atoms with Crippen LogP contribution >= 0.6 is 15.9 Å². The minimum atomic E-state index is -0.586. The van der Waals surface area contributed by atoms with E-state index < -0.39 is 18.3 Å². The molecule has 2 heterocycles. The Balaban J connectivity index is 0.00000280. The van der Waals surface area contributed by atoms with E-state index in [4.69, 9.17) is 4.84 Å². The topological polar surface area (TPSA) is 95.4 Å². The number of rotatable bonds is 6. The summed E-state index contributed by atoms with van der Waals surface area (Å²) in [6.45, 7) is 1.43. The molecule has 2 aromatic rings. The maximum atomic E-state index is 14.3. The predicted octanol–water partition coefficient (Wildman–Crippen LogP) is -1.23. The number of amides is 1. The molecule has 0 unspecified atom stereocenters. The van der Waals surface area contributed by atoms with Crippen molar-refractivity contribution in [2.24, 2.45) is 0 Å². The number of hydrogen-bond acceptors (Lipinski definition) is 5. The molecular formula is C18H18BrFN3NaO4. The van der Waals surface area contributed by atoms with Gasteiger partial charge in [0.1, 0.15) is 5.82 Å². The van der Waals surface area contributed by atoms with Gasteiger partial charge >= 0.3 is 29.6 Å². The van der Waals surface area contributed by atoms with Crippen LogP contribution in [0.4, 0.5) is 15.8 Å². The second-order valence-corrected chi connectivity index (χ2v) is 7.03. The molecule has 7 nitrogen and oxygen atoms in total. The van der Waals surface area contributed by atoms with Gasteiger partial charge in [0.25, 0.3) is 11.5 Å². The van der Waals surface area contributed by atoms with Crippen molar-refractivity contribution >= 4 is 33.2 Å². The Kier molecular flexibility index (Phi) is 8.23. The van der Waals surface area contributed by atoms with Crippen LogP contribution < -0.4 is 51.0 Å². The maximum Gasteiger partial charge on any atom is 1.00 e. The second-order valence-electron chi connectivity index (χ2n) is 6.11. The number of aromatic nitrogens is 1. The third-order valence-corrected chi connectivity index (χ3v) is 4.86. The van der Waals surface area contributed by atoms with Gasteiger partial charge in [-0.05, 0) is 38.0 Å². The number of halogens is 2. The molecule has 1 aromatic carbocycles. The summed E-state index contributed by atoms with van der Waals surface area (Å²) in [6.07, 6.45) is 1.27. The van der Waals surface area contributed by atoms with Crippen molar-refractivity contribution < 1.29 is 48.7 Å². The maximum absolute atomic E-state index is 14.3. The van der Waals surface area contributed by atoms with Crippen LogP contribution in [0, 0.1) is 12.7 Å². The number of benzene rings is 1. The molecule has 1 aliphatic rings. The molecule has 0 aliphatic carbocycles. The standard InChI is InChI=1S/C18H18BrFN3O4.Na/c1-10-16(21-13-5-4-11(19)9-12(13)20)15(17(25)22-27-8-7-24)14-3-2-6-23(14)18(10)26;/h4-5,9,21H,2-3,6-8H2,1H3,(H,22,25);/q-1;+1. The summed E-state index contributed by atoms with van der Waals surface area (Å²) >= 11 is 3.19. The van der Waals surface area contributed by atoms with Gasteiger partial charge in [-0.3, -0.25) is 14.4 Å². The number of nitrogens with one attached hydrogen (secondary N) is 2. The fourth-order valence-electron chi connectivity index (χ4n) is 3.14. The molecule has 0 radical (unpaired) electrons. The molecule has 10 heteroatoms. The van der Waals surface area contributed by atoms with Gasteiger partial charge in [0.2, 0.25) is 0 Å². The van der Waals surface area contributed by atoms with E-state index in [0.717, 1.165) is 6.42 Å². The molecule has 0 saturated carbocycles. The van der Waals surface area contributed by atoms with Gasteiger partial charge in [0.15, 0.2) is 0 Å². The first kappa shape index (κ1) is 23.1. The van der Waals surface area contributed by atoms with Crippen molar-refractivity contribution in [2.75, 3.05) is 18.5 Å². The molecule has 0 saturated heterocycles. The van der Waals surface area contributed by atoms with Gasteiger partial charge in [-0.25, -0.2) is 9.87 Å². The molecule has 1 aromatic heterocycles. The first-order valence-corrected chi connectivity index (χ1v) is 9.22. The fraction of sp³-hybridized carbons (Fsp3) is 0.333. The van der Waals surface area contributed by atoms with E-state index in [-0.39, 0.29) is 58.7 Å². The third kappa shape index (κ3) is 4.67. The normalized spacial score (nSPS) is 12.3. The summed E-state index contributed by atoms with van der Waals surface area (Å²) in [5.74, 6) is -1.12. The third-order valence-electron chi connectivity index (χ3n) is 4.37. The van der Waals surface area contributed by atoms with Crippen LogP contribution in [0.15, 0.2) is 27.5 Å². The molecule has 1 amide bonds. The molecule has 2 N–H and O–H groups in total. The Morgan fingerprint density at radius 2 is 2.18 bits per heavy atom. The number of anilines is 2. The number of hydrogen-bond donors (Lipinski definition) is 2. The Morgan fingerprint density at radius 3 is 2.86 bits per heavy atom. The number of nitrogens with zero attached hydrogens (tertiary/aromatic N) is 1. The first-order valence-electron chi connectivity index (χ1n) is 8.42. The van der Waals surface area contributed by atoms with Crippen LogP contribution in [0.1, 0.15) is 28.0 Å². The van der Waals surface area contributed by atoms with Crippen LogP contribution in [0.5, 0.6) is 0 Å². The van der Waals surface area contributed by atoms with Crippen molar-refractivity contribution in [3.05, 3.63) is 55.7 Å². The molecule has 0 fully saturated rings. The van der Waals surface area contributed by atoms with Crippen LogP contribution in [0.3, 0.4) is 0 Å². The van der Waals surface area contributed by atoms with Gasteiger partial charge in [0, 0.05) is 22.3 Å². The van der Waals surface area contributed by atoms with Crippen LogP contribution in [-0.2, 0) is 17.8 Å². The Morgan fingerprint density at radius 1 is 1.43 bits per heavy atom. The van der Waals surface area contributed by atoms with E-state index >= 15 is 0 Å². The molecule has 1 aliphatic heterocycles. The summed E-state index contributed by atoms with van der Waals surface area (Å²) in [6, 6.07) is 4.45.